The molecule has 2 atom stereocenters. The summed E-state index contributed by atoms with van der Waals surface area (Å²) in [5.74, 6) is 0.440. The van der Waals surface area contributed by atoms with Gasteiger partial charge in [-0.05, 0) is 32.9 Å². The van der Waals surface area contributed by atoms with Crippen LogP contribution >= 0.6 is 0 Å². The molecule has 3 amide bonds. The Labute approximate surface area is 167 Å². The van der Waals surface area contributed by atoms with Crippen molar-refractivity contribution in [2.75, 3.05) is 30.0 Å². The van der Waals surface area contributed by atoms with Gasteiger partial charge in [0, 0.05) is 19.6 Å². The number of fused-ring (bicyclic) bond motifs is 1. The van der Waals surface area contributed by atoms with Gasteiger partial charge >= 0.3 is 12.2 Å². The number of alkyl carbamates (subject to hydrolysis) is 1. The third-order valence-corrected chi connectivity index (χ3v) is 4.18. The number of carbonyl (C=O) groups is 3. The van der Waals surface area contributed by atoms with E-state index in [2.05, 4.69) is 15.6 Å². The molecular weight excluding hydrogens is 384 g/mol. The molecule has 0 saturated carbocycles. The zero-order chi connectivity index (χ0) is 21.2. The predicted molar refractivity (Wildman–Crippen MR) is 101 cm³/mol. The number of amides is 3. The Kier molecular flexibility index (Phi) is 5.78. The van der Waals surface area contributed by atoms with Gasteiger partial charge in [0.15, 0.2) is 18.2 Å². The van der Waals surface area contributed by atoms with Crippen LogP contribution in [0.15, 0.2) is 12.1 Å². The largest absolute Gasteiger partial charge is 0.480 e. The molecule has 2 aliphatic heterocycles. The second-order valence-corrected chi connectivity index (χ2v) is 7.61. The summed E-state index contributed by atoms with van der Waals surface area (Å²) in [7, 11) is 0. The van der Waals surface area contributed by atoms with E-state index in [0.717, 1.165) is 0 Å². The van der Waals surface area contributed by atoms with E-state index >= 15 is 0 Å². The van der Waals surface area contributed by atoms with Crippen molar-refractivity contribution < 1.29 is 33.7 Å². The van der Waals surface area contributed by atoms with Gasteiger partial charge in [-0.1, -0.05) is 0 Å². The van der Waals surface area contributed by atoms with E-state index < -0.39 is 29.9 Å². The lowest BCUT2D eigenvalue weighted by molar-refractivity contribution is -0.118. The van der Waals surface area contributed by atoms with E-state index in [1.807, 2.05) is 0 Å². The van der Waals surface area contributed by atoms with E-state index in [4.69, 9.17) is 14.2 Å². The fourth-order valence-corrected chi connectivity index (χ4v) is 3.02. The van der Waals surface area contributed by atoms with Crippen LogP contribution in [0.3, 0.4) is 0 Å². The van der Waals surface area contributed by atoms with Crippen molar-refractivity contribution in [1.29, 1.82) is 0 Å². The van der Waals surface area contributed by atoms with Crippen LogP contribution in [-0.2, 0) is 14.3 Å². The topological polar surface area (TPSA) is 139 Å². The van der Waals surface area contributed by atoms with Crippen LogP contribution in [0.25, 0.3) is 0 Å². The summed E-state index contributed by atoms with van der Waals surface area (Å²) in [6, 6.07) is 2.51. The molecule has 1 unspecified atom stereocenters. The average molecular weight is 408 g/mol. The molecule has 11 heteroatoms. The van der Waals surface area contributed by atoms with Gasteiger partial charge < -0.3 is 30.0 Å². The highest BCUT2D eigenvalue weighted by molar-refractivity contribution is 5.95. The third-order valence-electron chi connectivity index (χ3n) is 4.18. The number of rotatable bonds is 5. The number of pyridine rings is 1. The molecule has 2 aliphatic rings. The van der Waals surface area contributed by atoms with Crippen molar-refractivity contribution in [3.8, 4) is 5.75 Å². The summed E-state index contributed by atoms with van der Waals surface area (Å²) in [4.78, 5) is 41.6. The number of aromatic nitrogens is 1. The predicted octanol–water partition coefficient (Wildman–Crippen LogP) is 1.01. The first-order valence-corrected chi connectivity index (χ1v) is 9.19. The maximum Gasteiger partial charge on any atom is 0.416 e. The van der Waals surface area contributed by atoms with E-state index in [-0.39, 0.29) is 43.7 Å². The molecule has 11 nitrogen and oxygen atoms in total. The Balaban J connectivity index is 1.81. The van der Waals surface area contributed by atoms with Gasteiger partial charge in [0.25, 0.3) is 5.91 Å². The highest BCUT2D eigenvalue weighted by atomic mass is 16.6. The number of aliphatic hydroxyl groups is 1. The Bertz CT molecular complexity index is 808. The third kappa shape index (κ3) is 4.86. The highest BCUT2D eigenvalue weighted by Gasteiger charge is 2.43. The fraction of sp³-hybridized carbons (Fsp3) is 0.556. The minimum atomic E-state index is -0.672. The van der Waals surface area contributed by atoms with Crippen LogP contribution in [0.5, 0.6) is 5.75 Å². The van der Waals surface area contributed by atoms with Crippen LogP contribution in [0.4, 0.5) is 21.2 Å². The number of ether oxygens (including phenoxy) is 3. The van der Waals surface area contributed by atoms with Gasteiger partial charge in [-0.15, -0.1) is 0 Å². The number of nitrogens with one attached hydrogen (secondary N) is 2. The lowest BCUT2D eigenvalue weighted by Crippen LogP contribution is -2.47. The zero-order valence-electron chi connectivity index (χ0n) is 16.4. The zero-order valence-corrected chi connectivity index (χ0v) is 16.4. The lowest BCUT2D eigenvalue weighted by atomic mass is 10.1. The van der Waals surface area contributed by atoms with Gasteiger partial charge in [-0.3, -0.25) is 9.69 Å². The van der Waals surface area contributed by atoms with Crippen LogP contribution in [0.2, 0.25) is 0 Å². The van der Waals surface area contributed by atoms with Gasteiger partial charge in [0.05, 0.1) is 6.04 Å². The van der Waals surface area contributed by atoms with E-state index in [1.54, 1.807) is 32.9 Å². The van der Waals surface area contributed by atoms with Crippen molar-refractivity contribution in [1.82, 2.24) is 10.3 Å². The quantitative estimate of drug-likeness (QED) is 0.656. The smallest absolute Gasteiger partial charge is 0.416 e. The summed E-state index contributed by atoms with van der Waals surface area (Å²) in [6.07, 6.45) is -1.78. The van der Waals surface area contributed by atoms with Crippen LogP contribution in [-0.4, -0.2) is 65.7 Å². The number of hydrogen-bond donors (Lipinski definition) is 3. The van der Waals surface area contributed by atoms with Gasteiger partial charge in [0.2, 0.25) is 0 Å². The monoisotopic (exact) mass is 408 g/mol. The minimum Gasteiger partial charge on any atom is -0.480 e. The number of carbonyl (C=O) groups excluding carboxylic acids is 3. The second-order valence-electron chi connectivity index (χ2n) is 7.61. The summed E-state index contributed by atoms with van der Waals surface area (Å²) in [5, 5.41) is 14.5. The van der Waals surface area contributed by atoms with E-state index in [1.165, 1.54) is 4.90 Å². The summed E-state index contributed by atoms with van der Waals surface area (Å²) >= 11 is 0. The molecule has 1 fully saturated rings. The Morgan fingerprint density at radius 2 is 2.17 bits per heavy atom. The van der Waals surface area contributed by atoms with Crippen molar-refractivity contribution >= 4 is 29.7 Å². The molecule has 3 heterocycles. The lowest BCUT2D eigenvalue weighted by Gasteiger charge is -2.26. The standard InChI is InChI=1S/C18H24N4O7/c1-18(2,3)29-16(25)19-8-10-11(6-7-23)28-17(26)22(10)13-5-4-12-15(20-13)21-14(24)9-27-12/h4-5,10-11,23H,6-9H2,1-3H3,(H,19,25)(H,20,21,24)/t10-,11?/m0/s1. The maximum atomic E-state index is 12.5. The Morgan fingerprint density at radius 3 is 2.86 bits per heavy atom. The minimum absolute atomic E-state index is 0.0208. The fourth-order valence-electron chi connectivity index (χ4n) is 3.02. The number of anilines is 2. The molecule has 1 saturated heterocycles. The first-order valence-electron chi connectivity index (χ1n) is 9.19. The molecule has 158 valence electrons. The number of cyclic esters (lactones) is 1. The molecule has 1 aromatic heterocycles. The highest BCUT2D eigenvalue weighted by Crippen LogP contribution is 2.32. The molecule has 0 aromatic carbocycles. The molecular formula is C18H24N4O7. The van der Waals surface area contributed by atoms with Crippen LogP contribution in [0.1, 0.15) is 27.2 Å². The second kappa shape index (κ2) is 8.11. The molecule has 3 N–H and O–H groups in total. The first kappa shape index (κ1) is 20.6. The van der Waals surface area contributed by atoms with Crippen molar-refractivity contribution in [2.45, 2.75) is 44.9 Å². The van der Waals surface area contributed by atoms with Gasteiger partial charge in [-0.2, -0.15) is 0 Å². The van der Waals surface area contributed by atoms with Crippen LogP contribution < -0.4 is 20.3 Å². The molecule has 3 rings (SSSR count). The van der Waals surface area contributed by atoms with Crippen molar-refractivity contribution in [3.63, 3.8) is 0 Å². The first-order chi connectivity index (χ1) is 13.7. The van der Waals surface area contributed by atoms with E-state index in [9.17, 15) is 19.5 Å². The summed E-state index contributed by atoms with van der Waals surface area (Å²) in [6.45, 7) is 4.93. The maximum absolute atomic E-state index is 12.5. The molecule has 1 aromatic rings. The molecule has 0 spiro atoms. The normalized spacial score (nSPS) is 21.0. The van der Waals surface area contributed by atoms with Crippen molar-refractivity contribution in [2.24, 2.45) is 0 Å². The van der Waals surface area contributed by atoms with Gasteiger partial charge in [0.1, 0.15) is 17.5 Å². The molecule has 0 bridgehead atoms. The number of nitrogens with zero attached hydrogens (tertiary/aromatic N) is 2. The van der Waals surface area contributed by atoms with Crippen molar-refractivity contribution in [3.05, 3.63) is 12.1 Å². The average Bonchev–Trinajstić information content (AvgIpc) is 2.93. The summed E-state index contributed by atoms with van der Waals surface area (Å²) in [5.41, 5.74) is -0.672. The molecule has 0 radical (unpaired) electrons. The van der Waals surface area contributed by atoms with E-state index in [0.29, 0.717) is 5.75 Å². The van der Waals surface area contributed by atoms with Crippen LogP contribution in [0, 0.1) is 0 Å². The summed E-state index contributed by atoms with van der Waals surface area (Å²) < 4.78 is 15.9. The SMILES string of the molecule is CC(C)(C)OC(=O)NC[C@H]1C(CCO)OC(=O)N1c1ccc2c(n1)NC(=O)CO2. The Hall–Kier alpha value is -3.08. The number of aliphatic hydroxyl groups excluding tert-OH is 1. The molecule has 29 heavy (non-hydrogen) atoms. The Morgan fingerprint density at radius 1 is 1.41 bits per heavy atom. The molecule has 0 aliphatic carbocycles. The number of hydrogen-bond acceptors (Lipinski definition) is 8. The van der Waals surface area contributed by atoms with Gasteiger partial charge in [-0.25, -0.2) is 14.6 Å².